The average Bonchev–Trinajstić information content (AvgIpc) is 2.56. The minimum absolute atomic E-state index is 0.228. The zero-order valence-corrected chi connectivity index (χ0v) is 12.9. The smallest absolute Gasteiger partial charge is 0.0593 e. The van der Waals surface area contributed by atoms with Crippen LogP contribution < -0.4 is 4.90 Å². The van der Waals surface area contributed by atoms with E-state index in [1.54, 1.807) is 0 Å². The maximum atomic E-state index is 9.91. The van der Waals surface area contributed by atoms with Gasteiger partial charge in [0.25, 0.3) is 0 Å². The Morgan fingerprint density at radius 2 is 1.77 bits per heavy atom. The van der Waals surface area contributed by atoms with Crippen molar-refractivity contribution in [2.24, 2.45) is 0 Å². The molecule has 0 aromatic heterocycles. The highest BCUT2D eigenvalue weighted by Crippen LogP contribution is 2.48. The standard InChI is InChI=1S/C19H22N2O/c1-20-12-17-19(15-9-5-6-10-16(15)20)18(13-22)21(17)11-14-7-3-2-4-8-14/h2-10,17-19,22H,11-13H2,1H3/t17-,18+,19+/m0/s1. The molecular formula is C19H22N2O. The predicted octanol–water partition coefficient (Wildman–Crippen LogP) is 2.47. The number of fused-ring (bicyclic) bond motifs is 3. The van der Waals surface area contributed by atoms with Crippen molar-refractivity contribution in [1.82, 2.24) is 4.90 Å². The number of likely N-dealkylation sites (tertiary alicyclic amines) is 1. The molecule has 3 heteroatoms. The summed E-state index contributed by atoms with van der Waals surface area (Å²) in [7, 11) is 2.17. The van der Waals surface area contributed by atoms with Crippen molar-refractivity contribution in [1.29, 1.82) is 0 Å². The second kappa shape index (κ2) is 5.41. The first kappa shape index (κ1) is 13.8. The number of hydrogen-bond acceptors (Lipinski definition) is 3. The van der Waals surface area contributed by atoms with Gasteiger partial charge in [-0.05, 0) is 17.2 Å². The van der Waals surface area contributed by atoms with Crippen molar-refractivity contribution in [2.75, 3.05) is 25.1 Å². The van der Waals surface area contributed by atoms with Crippen molar-refractivity contribution in [3.8, 4) is 0 Å². The molecule has 2 aliphatic rings. The third kappa shape index (κ3) is 2.04. The Morgan fingerprint density at radius 3 is 2.55 bits per heavy atom. The lowest BCUT2D eigenvalue weighted by atomic mass is 9.72. The van der Waals surface area contributed by atoms with Crippen LogP contribution >= 0.6 is 0 Å². The summed E-state index contributed by atoms with van der Waals surface area (Å²) in [6.45, 7) is 2.18. The van der Waals surface area contributed by atoms with E-state index < -0.39 is 0 Å². The molecule has 0 saturated carbocycles. The van der Waals surface area contributed by atoms with E-state index in [4.69, 9.17) is 0 Å². The minimum atomic E-state index is 0.228. The molecule has 1 saturated heterocycles. The molecule has 4 rings (SSSR count). The Hall–Kier alpha value is -1.84. The number of aliphatic hydroxyl groups excluding tert-OH is 1. The van der Waals surface area contributed by atoms with Gasteiger partial charge >= 0.3 is 0 Å². The van der Waals surface area contributed by atoms with Crippen molar-refractivity contribution in [2.45, 2.75) is 24.5 Å². The van der Waals surface area contributed by atoms with Crippen LogP contribution in [-0.2, 0) is 6.54 Å². The van der Waals surface area contributed by atoms with Crippen molar-refractivity contribution >= 4 is 5.69 Å². The number of likely N-dealkylation sites (N-methyl/N-ethyl adjacent to an activating group) is 1. The topological polar surface area (TPSA) is 26.7 Å². The van der Waals surface area contributed by atoms with Crippen LogP contribution in [-0.4, -0.2) is 42.3 Å². The van der Waals surface area contributed by atoms with Gasteiger partial charge in [-0.3, -0.25) is 4.90 Å². The van der Waals surface area contributed by atoms with Gasteiger partial charge in [0.05, 0.1) is 6.61 Å². The van der Waals surface area contributed by atoms with Crippen LogP contribution in [0, 0.1) is 0 Å². The fraction of sp³-hybridized carbons (Fsp3) is 0.368. The Balaban J connectivity index is 1.63. The van der Waals surface area contributed by atoms with Crippen LogP contribution in [0.2, 0.25) is 0 Å². The first-order valence-electron chi connectivity index (χ1n) is 8.00. The van der Waals surface area contributed by atoms with Crippen LogP contribution in [0.25, 0.3) is 0 Å². The number of nitrogens with zero attached hydrogens (tertiary/aromatic N) is 2. The molecule has 1 N–H and O–H groups in total. The van der Waals surface area contributed by atoms with Crippen molar-refractivity contribution in [3.05, 3.63) is 65.7 Å². The molecule has 2 heterocycles. The van der Waals surface area contributed by atoms with Crippen LogP contribution in [0.15, 0.2) is 54.6 Å². The zero-order valence-electron chi connectivity index (χ0n) is 12.9. The summed E-state index contributed by atoms with van der Waals surface area (Å²) in [6.07, 6.45) is 0. The maximum Gasteiger partial charge on any atom is 0.0593 e. The molecule has 2 aromatic carbocycles. The molecule has 0 aliphatic carbocycles. The number of rotatable bonds is 3. The van der Waals surface area contributed by atoms with E-state index in [1.807, 2.05) is 0 Å². The first-order valence-corrected chi connectivity index (χ1v) is 8.00. The van der Waals surface area contributed by atoms with Crippen LogP contribution in [0.1, 0.15) is 17.0 Å². The van der Waals surface area contributed by atoms with E-state index in [0.29, 0.717) is 12.0 Å². The Labute approximate surface area is 131 Å². The van der Waals surface area contributed by atoms with Crippen LogP contribution in [0.4, 0.5) is 5.69 Å². The summed E-state index contributed by atoms with van der Waals surface area (Å²) >= 11 is 0. The van der Waals surface area contributed by atoms with Gasteiger partial charge in [0.1, 0.15) is 0 Å². The second-order valence-corrected chi connectivity index (χ2v) is 6.44. The number of anilines is 1. The van der Waals surface area contributed by atoms with E-state index in [2.05, 4.69) is 71.4 Å². The number of benzene rings is 2. The summed E-state index contributed by atoms with van der Waals surface area (Å²) in [5.74, 6) is 0.459. The van der Waals surface area contributed by atoms with E-state index >= 15 is 0 Å². The summed E-state index contributed by atoms with van der Waals surface area (Å²) in [5, 5.41) is 9.91. The maximum absolute atomic E-state index is 9.91. The highest BCUT2D eigenvalue weighted by atomic mass is 16.3. The summed E-state index contributed by atoms with van der Waals surface area (Å²) in [5.41, 5.74) is 4.03. The Morgan fingerprint density at radius 1 is 1.05 bits per heavy atom. The fourth-order valence-corrected chi connectivity index (χ4v) is 4.19. The molecule has 0 spiro atoms. The minimum Gasteiger partial charge on any atom is -0.395 e. The molecule has 0 unspecified atom stereocenters. The quantitative estimate of drug-likeness (QED) is 0.942. The van der Waals surface area contributed by atoms with Gasteiger partial charge in [0, 0.05) is 43.8 Å². The van der Waals surface area contributed by atoms with Crippen molar-refractivity contribution in [3.63, 3.8) is 0 Å². The van der Waals surface area contributed by atoms with E-state index in [9.17, 15) is 5.11 Å². The average molecular weight is 294 g/mol. The molecule has 0 bridgehead atoms. The van der Waals surface area contributed by atoms with Gasteiger partial charge in [-0.1, -0.05) is 48.5 Å². The molecular weight excluding hydrogens is 272 g/mol. The summed E-state index contributed by atoms with van der Waals surface area (Å²) in [4.78, 5) is 4.81. The van der Waals surface area contributed by atoms with Gasteiger partial charge in [-0.25, -0.2) is 0 Å². The molecule has 3 nitrogen and oxygen atoms in total. The van der Waals surface area contributed by atoms with Gasteiger partial charge in [-0.15, -0.1) is 0 Å². The Bertz CT molecular complexity index is 657. The van der Waals surface area contributed by atoms with E-state index in [0.717, 1.165) is 13.1 Å². The highest BCUT2D eigenvalue weighted by molar-refractivity contribution is 5.59. The first-order chi connectivity index (χ1) is 10.8. The number of para-hydroxylation sites is 1. The Kier molecular flexibility index (Phi) is 3.40. The SMILES string of the molecule is CN1C[C@H]2[C@@H](c3ccccc31)[C@@H](CO)N2Cc1ccccc1. The lowest BCUT2D eigenvalue weighted by molar-refractivity contribution is -0.0489. The van der Waals surface area contributed by atoms with Gasteiger partial charge < -0.3 is 10.0 Å². The van der Waals surface area contributed by atoms with Gasteiger partial charge in [-0.2, -0.15) is 0 Å². The predicted molar refractivity (Wildman–Crippen MR) is 89.1 cm³/mol. The summed E-state index contributed by atoms with van der Waals surface area (Å²) < 4.78 is 0. The molecule has 2 aliphatic heterocycles. The van der Waals surface area contributed by atoms with Crippen LogP contribution in [0.5, 0.6) is 0 Å². The molecule has 2 aromatic rings. The molecule has 0 radical (unpaired) electrons. The van der Waals surface area contributed by atoms with E-state index in [1.165, 1.54) is 16.8 Å². The van der Waals surface area contributed by atoms with Gasteiger partial charge in [0.2, 0.25) is 0 Å². The van der Waals surface area contributed by atoms with Gasteiger partial charge in [0.15, 0.2) is 0 Å². The third-order valence-electron chi connectivity index (χ3n) is 5.24. The monoisotopic (exact) mass is 294 g/mol. The molecule has 22 heavy (non-hydrogen) atoms. The lowest BCUT2D eigenvalue weighted by Gasteiger charge is -2.59. The lowest BCUT2D eigenvalue weighted by Crippen LogP contribution is -2.67. The normalized spacial score (nSPS) is 27.0. The highest BCUT2D eigenvalue weighted by Gasteiger charge is 2.51. The molecule has 114 valence electrons. The molecule has 0 amide bonds. The summed E-state index contributed by atoms with van der Waals surface area (Å²) in [6, 6.07) is 19.9. The second-order valence-electron chi connectivity index (χ2n) is 6.44. The zero-order chi connectivity index (χ0) is 15.1. The van der Waals surface area contributed by atoms with Crippen molar-refractivity contribution < 1.29 is 5.11 Å². The molecule has 1 fully saturated rings. The van der Waals surface area contributed by atoms with Crippen LogP contribution in [0.3, 0.4) is 0 Å². The fourth-order valence-electron chi connectivity index (χ4n) is 4.19. The molecule has 3 atom stereocenters. The van der Waals surface area contributed by atoms with E-state index in [-0.39, 0.29) is 12.6 Å². The number of aliphatic hydroxyl groups is 1. The number of hydrogen-bond donors (Lipinski definition) is 1. The third-order valence-corrected chi connectivity index (χ3v) is 5.24. The largest absolute Gasteiger partial charge is 0.395 e.